The smallest absolute Gasteiger partial charge is 0.334 e. The van der Waals surface area contributed by atoms with Crippen LogP contribution in [0.4, 0.5) is 11.5 Å². The molecule has 8 nitrogen and oxygen atoms in total. The number of rotatable bonds is 5. The molecule has 1 N–H and O–H groups in total. The molecule has 106 valence electrons. The van der Waals surface area contributed by atoms with Crippen LogP contribution < -0.4 is 4.90 Å². The van der Waals surface area contributed by atoms with E-state index in [9.17, 15) is 14.9 Å². The zero-order chi connectivity index (χ0) is 14.9. The third-order valence-electron chi connectivity index (χ3n) is 3.02. The number of anilines is 1. The van der Waals surface area contributed by atoms with Crippen LogP contribution in [0.15, 0.2) is 0 Å². The highest BCUT2D eigenvalue weighted by Gasteiger charge is 2.33. The summed E-state index contributed by atoms with van der Waals surface area (Å²) in [5.74, 6) is -0.971. The van der Waals surface area contributed by atoms with Crippen molar-refractivity contribution in [3.8, 4) is 0 Å². The maximum atomic E-state index is 11.2. The Morgan fingerprint density at radius 1 is 1.47 bits per heavy atom. The van der Waals surface area contributed by atoms with E-state index in [-0.39, 0.29) is 17.4 Å². The van der Waals surface area contributed by atoms with Gasteiger partial charge in [-0.2, -0.15) is 5.10 Å². The van der Waals surface area contributed by atoms with Crippen LogP contribution in [0.25, 0.3) is 0 Å². The van der Waals surface area contributed by atoms with Crippen molar-refractivity contribution in [3.05, 3.63) is 15.8 Å². The molecule has 1 aromatic rings. The summed E-state index contributed by atoms with van der Waals surface area (Å²) in [7, 11) is 3.08. The predicted octanol–water partition coefficient (Wildman–Crippen LogP) is 1.36. The van der Waals surface area contributed by atoms with Crippen molar-refractivity contribution >= 4 is 17.5 Å². The Kier molecular flexibility index (Phi) is 4.13. The molecule has 1 heterocycles. The minimum atomic E-state index is -1.05. The Balaban J connectivity index is 3.42. The molecule has 0 aliphatic rings. The molecule has 0 bridgehead atoms. The van der Waals surface area contributed by atoms with Crippen molar-refractivity contribution in [3.63, 3.8) is 0 Å². The van der Waals surface area contributed by atoms with Crippen molar-refractivity contribution in [2.45, 2.75) is 32.7 Å². The third-order valence-corrected chi connectivity index (χ3v) is 3.02. The first-order valence-electron chi connectivity index (χ1n) is 5.85. The highest BCUT2D eigenvalue weighted by molar-refractivity contribution is 5.78. The molecule has 0 aliphatic heterocycles. The zero-order valence-electron chi connectivity index (χ0n) is 11.6. The monoisotopic (exact) mass is 270 g/mol. The number of carboxylic acid groups (broad SMARTS) is 1. The number of hydrogen-bond donors (Lipinski definition) is 1. The van der Waals surface area contributed by atoms with Gasteiger partial charge in [-0.3, -0.25) is 10.1 Å². The second-order valence-electron chi connectivity index (χ2n) is 4.72. The number of aromatic nitrogens is 2. The standard InChI is InChI=1S/C11H18N4O4/c1-6(2)8-9(15(18)19)10(14(5)12-8)13(4)7(3)11(16)17/h6-7H,1-5H3,(H,16,17). The quantitative estimate of drug-likeness (QED) is 0.640. The molecule has 0 aliphatic carbocycles. The third kappa shape index (κ3) is 2.67. The number of likely N-dealkylation sites (N-methyl/N-ethyl adjacent to an activating group) is 1. The molecule has 19 heavy (non-hydrogen) atoms. The van der Waals surface area contributed by atoms with Crippen molar-refractivity contribution in [1.29, 1.82) is 0 Å². The fraction of sp³-hybridized carbons (Fsp3) is 0.636. The number of aryl methyl sites for hydroxylation is 1. The maximum Gasteiger partial charge on any atom is 0.334 e. The van der Waals surface area contributed by atoms with Gasteiger partial charge < -0.3 is 10.0 Å². The first-order valence-corrected chi connectivity index (χ1v) is 5.85. The molecule has 1 aromatic heterocycles. The molecule has 8 heteroatoms. The summed E-state index contributed by atoms with van der Waals surface area (Å²) in [6.45, 7) is 5.08. The molecule has 0 saturated heterocycles. The molecule has 1 unspecified atom stereocenters. The molecule has 0 saturated carbocycles. The van der Waals surface area contributed by atoms with Gasteiger partial charge in [0.05, 0.1) is 4.92 Å². The summed E-state index contributed by atoms with van der Waals surface area (Å²) in [6, 6.07) is -0.880. The van der Waals surface area contributed by atoms with Gasteiger partial charge in [0.1, 0.15) is 11.7 Å². The van der Waals surface area contributed by atoms with Crippen molar-refractivity contribution in [2.75, 3.05) is 11.9 Å². The lowest BCUT2D eigenvalue weighted by molar-refractivity contribution is -0.385. The van der Waals surface area contributed by atoms with Crippen LogP contribution in [0, 0.1) is 10.1 Å². The molecule has 1 atom stereocenters. The summed E-state index contributed by atoms with van der Waals surface area (Å²) in [4.78, 5) is 23.1. The van der Waals surface area contributed by atoms with Crippen LogP contribution in [0.1, 0.15) is 32.4 Å². The molecular formula is C11H18N4O4. The zero-order valence-corrected chi connectivity index (χ0v) is 11.6. The normalized spacial score (nSPS) is 12.5. The van der Waals surface area contributed by atoms with E-state index in [1.54, 1.807) is 20.9 Å². The Labute approximate surface area is 110 Å². The summed E-state index contributed by atoms with van der Waals surface area (Å²) in [5, 5.41) is 24.4. The minimum absolute atomic E-state index is 0.117. The van der Waals surface area contributed by atoms with E-state index in [2.05, 4.69) is 5.10 Å². The molecule has 0 spiro atoms. The Morgan fingerprint density at radius 3 is 2.37 bits per heavy atom. The molecule has 0 amide bonds. The van der Waals surface area contributed by atoms with E-state index in [0.717, 1.165) is 0 Å². The van der Waals surface area contributed by atoms with E-state index in [1.807, 2.05) is 0 Å². The number of nitrogens with zero attached hydrogens (tertiary/aromatic N) is 4. The largest absolute Gasteiger partial charge is 0.480 e. The number of hydrogen-bond acceptors (Lipinski definition) is 5. The first kappa shape index (κ1) is 14.9. The van der Waals surface area contributed by atoms with Crippen molar-refractivity contribution in [2.24, 2.45) is 7.05 Å². The fourth-order valence-corrected chi connectivity index (χ4v) is 1.83. The van der Waals surface area contributed by atoms with Gasteiger partial charge in [0.15, 0.2) is 0 Å². The van der Waals surface area contributed by atoms with Crippen LogP contribution in [0.2, 0.25) is 0 Å². The average Bonchev–Trinajstić information content (AvgIpc) is 2.65. The van der Waals surface area contributed by atoms with Crippen LogP contribution in [-0.2, 0) is 11.8 Å². The van der Waals surface area contributed by atoms with Gasteiger partial charge in [-0.1, -0.05) is 13.8 Å². The summed E-state index contributed by atoms with van der Waals surface area (Å²) < 4.78 is 1.35. The van der Waals surface area contributed by atoms with Crippen LogP contribution in [-0.4, -0.2) is 38.9 Å². The van der Waals surface area contributed by atoms with Crippen LogP contribution in [0.5, 0.6) is 0 Å². The second-order valence-corrected chi connectivity index (χ2v) is 4.72. The van der Waals surface area contributed by atoms with E-state index >= 15 is 0 Å². The molecule has 0 radical (unpaired) electrons. The lowest BCUT2D eigenvalue weighted by Crippen LogP contribution is -2.37. The van der Waals surface area contributed by atoms with E-state index in [4.69, 9.17) is 5.11 Å². The van der Waals surface area contributed by atoms with Gasteiger partial charge in [-0.05, 0) is 6.92 Å². The van der Waals surface area contributed by atoms with Gasteiger partial charge in [0, 0.05) is 20.0 Å². The number of aliphatic carboxylic acids is 1. The van der Waals surface area contributed by atoms with Gasteiger partial charge in [-0.25, -0.2) is 9.48 Å². The summed E-state index contributed by atoms with van der Waals surface area (Å²) in [6.07, 6.45) is 0. The molecular weight excluding hydrogens is 252 g/mol. The number of nitro groups is 1. The Hall–Kier alpha value is -2.12. The SMILES string of the molecule is CC(C)c1nn(C)c(N(C)C(C)C(=O)O)c1[N+](=O)[O-]. The highest BCUT2D eigenvalue weighted by Crippen LogP contribution is 2.35. The fourth-order valence-electron chi connectivity index (χ4n) is 1.83. The predicted molar refractivity (Wildman–Crippen MR) is 69.5 cm³/mol. The van der Waals surface area contributed by atoms with Crippen molar-refractivity contribution < 1.29 is 14.8 Å². The van der Waals surface area contributed by atoms with E-state index in [0.29, 0.717) is 5.69 Å². The lowest BCUT2D eigenvalue weighted by atomic mass is 10.1. The molecule has 1 rings (SSSR count). The summed E-state index contributed by atoms with van der Waals surface area (Å²) in [5.41, 5.74) is 0.222. The van der Waals surface area contributed by atoms with E-state index < -0.39 is 16.9 Å². The number of carbonyl (C=O) groups is 1. The van der Waals surface area contributed by atoms with Crippen LogP contribution in [0.3, 0.4) is 0 Å². The van der Waals surface area contributed by atoms with E-state index in [1.165, 1.54) is 23.6 Å². The summed E-state index contributed by atoms with van der Waals surface area (Å²) >= 11 is 0. The van der Waals surface area contributed by atoms with Gasteiger partial charge in [0.25, 0.3) is 0 Å². The average molecular weight is 270 g/mol. The lowest BCUT2D eigenvalue weighted by Gasteiger charge is -2.22. The maximum absolute atomic E-state index is 11.2. The van der Waals surface area contributed by atoms with Gasteiger partial charge in [-0.15, -0.1) is 0 Å². The topological polar surface area (TPSA) is 102 Å². The van der Waals surface area contributed by atoms with Crippen LogP contribution >= 0.6 is 0 Å². The molecule has 0 fully saturated rings. The number of carboxylic acids is 1. The van der Waals surface area contributed by atoms with Gasteiger partial charge >= 0.3 is 11.7 Å². The van der Waals surface area contributed by atoms with Gasteiger partial charge in [0.2, 0.25) is 5.82 Å². The first-order chi connectivity index (χ1) is 8.68. The Morgan fingerprint density at radius 2 is 2.00 bits per heavy atom. The van der Waals surface area contributed by atoms with Crippen molar-refractivity contribution in [1.82, 2.24) is 9.78 Å². The Bertz CT molecular complexity index is 509. The minimum Gasteiger partial charge on any atom is -0.480 e. The highest BCUT2D eigenvalue weighted by atomic mass is 16.6. The molecule has 0 aromatic carbocycles. The second kappa shape index (κ2) is 5.25.